The summed E-state index contributed by atoms with van der Waals surface area (Å²) in [5.74, 6) is 0. The molecule has 1 rings (SSSR count). The van der Waals surface area contributed by atoms with Gasteiger partial charge in [-0.3, -0.25) is 4.55 Å². The summed E-state index contributed by atoms with van der Waals surface area (Å²) in [7, 11) is -4.48. The highest BCUT2D eigenvalue weighted by atomic mass is 32.2. The molecule has 7 nitrogen and oxygen atoms in total. The van der Waals surface area contributed by atoms with Crippen LogP contribution in [0.2, 0.25) is 0 Å². The molecule has 0 saturated heterocycles. The van der Waals surface area contributed by atoms with E-state index in [1.54, 1.807) is 0 Å². The number of anilines is 1. The number of hydrogen-bond acceptors (Lipinski definition) is 4. The van der Waals surface area contributed by atoms with Gasteiger partial charge in [-0.2, -0.15) is 8.42 Å². The largest absolute Gasteiger partial charge is 0.351 e. The van der Waals surface area contributed by atoms with Gasteiger partial charge in [0.2, 0.25) is 0 Å². The molecule has 92 valence electrons. The summed E-state index contributed by atoms with van der Waals surface area (Å²) in [6.45, 7) is 0. The van der Waals surface area contributed by atoms with Crippen LogP contribution in [0.4, 0.5) is 10.5 Å². The van der Waals surface area contributed by atoms with E-state index in [9.17, 15) is 18.0 Å². The monoisotopic (exact) mass is 258 g/mol. The van der Waals surface area contributed by atoms with Gasteiger partial charge in [0.15, 0.2) is 5.25 Å². The Morgan fingerprint density at radius 3 is 2.24 bits per heavy atom. The van der Waals surface area contributed by atoms with Gasteiger partial charge in [0, 0.05) is 5.69 Å². The van der Waals surface area contributed by atoms with Crippen LogP contribution in [0, 0.1) is 0 Å². The van der Waals surface area contributed by atoms with Crippen molar-refractivity contribution in [2.75, 3.05) is 5.32 Å². The Kier molecular flexibility index (Phi) is 3.81. The van der Waals surface area contributed by atoms with E-state index >= 15 is 0 Å². The smallest absolute Gasteiger partial charge is 0.316 e. The number of nitrogens with two attached hydrogens (primary N) is 1. The van der Waals surface area contributed by atoms with Crippen LogP contribution in [-0.4, -0.2) is 25.3 Å². The molecule has 0 aliphatic rings. The molecule has 0 spiro atoms. The molecule has 0 heterocycles. The normalized spacial score (nSPS) is 12.8. The minimum absolute atomic E-state index is 0.0949. The predicted octanol–water partition coefficient (Wildman–Crippen LogP) is 0.305. The van der Waals surface area contributed by atoms with Crippen molar-refractivity contribution in [2.24, 2.45) is 5.73 Å². The van der Waals surface area contributed by atoms with Gasteiger partial charge < -0.3 is 15.8 Å². The Labute approximate surface area is 97.4 Å². The summed E-state index contributed by atoms with van der Waals surface area (Å²) in [6.07, 6.45) is 0.117. The second-order valence-corrected chi connectivity index (χ2v) is 4.72. The van der Waals surface area contributed by atoms with E-state index in [0.717, 1.165) is 0 Å². The first kappa shape index (κ1) is 13.1. The number of carbonyl (C=O) groups excluding carboxylic acids is 2. The van der Waals surface area contributed by atoms with Crippen LogP contribution in [0.3, 0.4) is 0 Å². The zero-order valence-electron chi connectivity index (χ0n) is 8.53. The molecule has 1 aromatic carbocycles. The number of benzene rings is 1. The second kappa shape index (κ2) is 4.93. The number of hydrogen-bond donors (Lipinski definition) is 3. The van der Waals surface area contributed by atoms with Gasteiger partial charge >= 0.3 is 6.03 Å². The molecule has 0 saturated carbocycles. The van der Waals surface area contributed by atoms with Crippen molar-refractivity contribution in [3.63, 3.8) is 0 Å². The number of aldehydes is 1. The number of nitrogens with one attached hydrogen (secondary N) is 1. The Hall–Kier alpha value is -1.93. The van der Waals surface area contributed by atoms with E-state index in [2.05, 4.69) is 5.32 Å². The van der Waals surface area contributed by atoms with Crippen LogP contribution in [0.25, 0.3) is 0 Å². The van der Waals surface area contributed by atoms with Crippen LogP contribution in [0.1, 0.15) is 10.8 Å². The summed E-state index contributed by atoms with van der Waals surface area (Å²) in [4.78, 5) is 21.1. The van der Waals surface area contributed by atoms with E-state index in [0.29, 0.717) is 5.69 Å². The first-order valence-electron chi connectivity index (χ1n) is 4.42. The molecule has 0 aliphatic heterocycles. The lowest BCUT2D eigenvalue weighted by atomic mass is 10.1. The van der Waals surface area contributed by atoms with Crippen LogP contribution in [0.5, 0.6) is 0 Å². The van der Waals surface area contributed by atoms with E-state index in [4.69, 9.17) is 10.3 Å². The zero-order valence-corrected chi connectivity index (χ0v) is 9.35. The Balaban J connectivity index is 3.01. The number of rotatable bonds is 4. The van der Waals surface area contributed by atoms with E-state index in [-0.39, 0.29) is 11.8 Å². The number of primary amides is 1. The Morgan fingerprint density at radius 1 is 1.35 bits per heavy atom. The molecule has 17 heavy (non-hydrogen) atoms. The van der Waals surface area contributed by atoms with E-state index in [1.807, 2.05) is 0 Å². The third kappa shape index (κ3) is 3.54. The molecule has 8 heteroatoms. The molecule has 0 radical (unpaired) electrons. The highest BCUT2D eigenvalue weighted by molar-refractivity contribution is 7.86. The average molecular weight is 258 g/mol. The summed E-state index contributed by atoms with van der Waals surface area (Å²) in [5.41, 5.74) is 5.32. The van der Waals surface area contributed by atoms with E-state index in [1.165, 1.54) is 24.3 Å². The number of urea groups is 1. The van der Waals surface area contributed by atoms with Crippen LogP contribution >= 0.6 is 0 Å². The van der Waals surface area contributed by atoms with Gasteiger partial charge in [0.1, 0.15) is 6.29 Å². The van der Waals surface area contributed by atoms with Crippen molar-refractivity contribution in [3.8, 4) is 0 Å². The number of carbonyl (C=O) groups is 2. The predicted molar refractivity (Wildman–Crippen MR) is 60.0 cm³/mol. The highest BCUT2D eigenvalue weighted by Gasteiger charge is 2.24. The maximum Gasteiger partial charge on any atom is 0.316 e. The van der Waals surface area contributed by atoms with Gasteiger partial charge in [-0.15, -0.1) is 0 Å². The lowest BCUT2D eigenvalue weighted by Crippen LogP contribution is -2.19. The Bertz CT molecular complexity index is 523. The molecule has 1 unspecified atom stereocenters. The van der Waals surface area contributed by atoms with Crippen molar-refractivity contribution < 1.29 is 22.6 Å². The fourth-order valence-electron chi connectivity index (χ4n) is 1.22. The van der Waals surface area contributed by atoms with Crippen molar-refractivity contribution in [3.05, 3.63) is 29.8 Å². The highest BCUT2D eigenvalue weighted by Crippen LogP contribution is 2.20. The molecule has 1 aromatic rings. The third-order valence-electron chi connectivity index (χ3n) is 1.95. The molecule has 2 amide bonds. The zero-order chi connectivity index (χ0) is 13.1. The maximum atomic E-state index is 10.9. The summed E-state index contributed by atoms with van der Waals surface area (Å²) >= 11 is 0. The van der Waals surface area contributed by atoms with Gasteiger partial charge in [-0.05, 0) is 17.7 Å². The fraction of sp³-hybridized carbons (Fsp3) is 0.111. The summed E-state index contributed by atoms with van der Waals surface area (Å²) in [5, 5.41) is 0.632. The van der Waals surface area contributed by atoms with Crippen molar-refractivity contribution in [2.45, 2.75) is 5.25 Å². The second-order valence-electron chi connectivity index (χ2n) is 3.18. The SMILES string of the molecule is NC(=O)Nc1ccc(C(C=O)S(=O)(=O)O)cc1. The van der Waals surface area contributed by atoms with Gasteiger partial charge in [-0.25, -0.2) is 4.79 Å². The minimum Gasteiger partial charge on any atom is -0.351 e. The van der Waals surface area contributed by atoms with Gasteiger partial charge in [0.05, 0.1) is 0 Å². The molecular formula is C9H10N2O5S. The first-order valence-corrected chi connectivity index (χ1v) is 5.93. The topological polar surface area (TPSA) is 127 Å². The molecule has 0 aliphatic carbocycles. The molecule has 0 fully saturated rings. The molecule has 4 N–H and O–H groups in total. The number of amides is 2. The quantitative estimate of drug-likeness (QED) is 0.529. The summed E-state index contributed by atoms with van der Waals surface area (Å²) in [6, 6.07) is 4.54. The average Bonchev–Trinajstić information content (AvgIpc) is 2.18. The van der Waals surface area contributed by atoms with Gasteiger partial charge in [0.25, 0.3) is 10.1 Å². The van der Waals surface area contributed by atoms with Crippen molar-refractivity contribution >= 4 is 28.1 Å². The molecular weight excluding hydrogens is 248 g/mol. The van der Waals surface area contributed by atoms with Crippen LogP contribution in [-0.2, 0) is 14.9 Å². The van der Waals surface area contributed by atoms with Gasteiger partial charge in [-0.1, -0.05) is 12.1 Å². The fourth-order valence-corrected chi connectivity index (χ4v) is 1.86. The summed E-state index contributed by atoms with van der Waals surface area (Å²) < 4.78 is 30.5. The maximum absolute atomic E-state index is 10.9. The standard InChI is InChI=1S/C9H10N2O5S/c10-9(13)11-7-3-1-6(2-4-7)8(5-12)17(14,15)16/h1-5,8H,(H3,10,11,13)(H,14,15,16). The molecule has 0 aromatic heterocycles. The Morgan fingerprint density at radius 2 is 1.88 bits per heavy atom. The van der Waals surface area contributed by atoms with Crippen LogP contribution < -0.4 is 11.1 Å². The minimum atomic E-state index is -4.48. The molecule has 0 bridgehead atoms. The van der Waals surface area contributed by atoms with E-state index < -0.39 is 21.4 Å². The van der Waals surface area contributed by atoms with Crippen LogP contribution in [0.15, 0.2) is 24.3 Å². The first-order chi connectivity index (χ1) is 7.84. The lowest BCUT2D eigenvalue weighted by Gasteiger charge is -2.08. The lowest BCUT2D eigenvalue weighted by molar-refractivity contribution is -0.107. The van der Waals surface area contributed by atoms with Crippen molar-refractivity contribution in [1.82, 2.24) is 0 Å². The third-order valence-corrected chi connectivity index (χ3v) is 2.98. The molecule has 1 atom stereocenters. The van der Waals surface area contributed by atoms with Crippen molar-refractivity contribution in [1.29, 1.82) is 0 Å².